The molecule has 1 amide bonds. The molecule has 0 bridgehead atoms. The fourth-order valence-corrected chi connectivity index (χ4v) is 5.28. The highest BCUT2D eigenvalue weighted by Gasteiger charge is 2.23. The molecular formula is C29H34F2N2O5S. The van der Waals surface area contributed by atoms with Gasteiger partial charge in [-0.2, -0.15) is 0 Å². The number of aryl methyl sites for hydroxylation is 1. The van der Waals surface area contributed by atoms with Gasteiger partial charge in [-0.1, -0.05) is 31.2 Å². The zero-order valence-corrected chi connectivity index (χ0v) is 22.8. The van der Waals surface area contributed by atoms with Crippen LogP contribution in [0.4, 0.5) is 8.78 Å². The fourth-order valence-electron chi connectivity index (χ4n) is 4.11. The first-order valence-electron chi connectivity index (χ1n) is 12.7. The van der Waals surface area contributed by atoms with Gasteiger partial charge in [0, 0.05) is 31.8 Å². The standard InChI is InChI=1S/C29H34F2N2O5S/c1-3-20-5-4-6-21(13-20)18-32-19-28(34)27(16-22-14-24(30)17-25(31)15-22)33-29(35)23-7-9-26(10-8-23)39(36,37)12-11-38-2/h4-10,13-15,17,27-28,32,34H,3,11-12,16,18-19H2,1-2H3,(H,33,35). The van der Waals surface area contributed by atoms with Crippen LogP contribution in [0.5, 0.6) is 0 Å². The van der Waals surface area contributed by atoms with Crippen LogP contribution in [-0.4, -0.2) is 57.6 Å². The molecule has 7 nitrogen and oxygen atoms in total. The van der Waals surface area contributed by atoms with Gasteiger partial charge < -0.3 is 20.5 Å². The number of aliphatic hydroxyl groups excluding tert-OH is 1. The molecule has 3 aromatic carbocycles. The molecule has 0 aliphatic heterocycles. The van der Waals surface area contributed by atoms with E-state index in [1.54, 1.807) is 0 Å². The number of methoxy groups -OCH3 is 1. The van der Waals surface area contributed by atoms with Gasteiger partial charge in [0.05, 0.1) is 29.4 Å². The Morgan fingerprint density at radius 2 is 1.64 bits per heavy atom. The van der Waals surface area contributed by atoms with E-state index in [0.29, 0.717) is 6.54 Å². The maximum absolute atomic E-state index is 13.8. The zero-order chi connectivity index (χ0) is 28.4. The van der Waals surface area contributed by atoms with Gasteiger partial charge in [0.15, 0.2) is 9.84 Å². The molecule has 39 heavy (non-hydrogen) atoms. The van der Waals surface area contributed by atoms with Crippen LogP contribution in [0.1, 0.15) is 34.0 Å². The number of nitrogens with one attached hydrogen (secondary N) is 2. The Morgan fingerprint density at radius 3 is 2.28 bits per heavy atom. The third-order valence-corrected chi connectivity index (χ3v) is 7.97. The van der Waals surface area contributed by atoms with Crippen molar-refractivity contribution in [2.24, 2.45) is 0 Å². The summed E-state index contributed by atoms with van der Waals surface area (Å²) in [4.78, 5) is 13.1. The lowest BCUT2D eigenvalue weighted by Crippen LogP contribution is -2.48. The molecule has 0 aliphatic rings. The van der Waals surface area contributed by atoms with E-state index in [1.165, 1.54) is 36.9 Å². The average Bonchev–Trinajstić information content (AvgIpc) is 2.91. The Hall–Kier alpha value is -3.18. The van der Waals surface area contributed by atoms with Gasteiger partial charge in [0.25, 0.3) is 5.91 Å². The average molecular weight is 561 g/mol. The Morgan fingerprint density at radius 1 is 0.974 bits per heavy atom. The molecule has 0 aliphatic carbocycles. The van der Waals surface area contributed by atoms with Gasteiger partial charge in [-0.05, 0) is 65.9 Å². The monoisotopic (exact) mass is 560 g/mol. The van der Waals surface area contributed by atoms with Gasteiger partial charge in [0.2, 0.25) is 0 Å². The molecule has 0 fully saturated rings. The molecule has 3 aromatic rings. The van der Waals surface area contributed by atoms with Gasteiger partial charge in [-0.3, -0.25) is 4.79 Å². The molecule has 3 N–H and O–H groups in total. The first-order chi connectivity index (χ1) is 18.6. The van der Waals surface area contributed by atoms with Crippen LogP contribution in [0.25, 0.3) is 0 Å². The third-order valence-electron chi connectivity index (χ3n) is 6.27. The molecular weight excluding hydrogens is 526 g/mol. The number of benzene rings is 3. The number of halogens is 2. The van der Waals surface area contributed by atoms with E-state index in [4.69, 9.17) is 4.74 Å². The molecule has 0 heterocycles. The second kappa shape index (κ2) is 14.3. The molecule has 2 atom stereocenters. The van der Waals surface area contributed by atoms with E-state index in [2.05, 4.69) is 23.6 Å². The summed E-state index contributed by atoms with van der Waals surface area (Å²) in [6.07, 6.45) is -0.226. The van der Waals surface area contributed by atoms with Crippen molar-refractivity contribution in [3.63, 3.8) is 0 Å². The number of carbonyl (C=O) groups is 1. The maximum atomic E-state index is 13.8. The van der Waals surface area contributed by atoms with Gasteiger partial charge in [0.1, 0.15) is 11.6 Å². The van der Waals surface area contributed by atoms with Crippen LogP contribution in [-0.2, 0) is 34.0 Å². The Balaban J connectivity index is 1.72. The second-order valence-electron chi connectivity index (χ2n) is 9.27. The number of hydrogen-bond acceptors (Lipinski definition) is 6. The van der Waals surface area contributed by atoms with Crippen molar-refractivity contribution in [3.05, 3.63) is 101 Å². The molecule has 210 valence electrons. The lowest BCUT2D eigenvalue weighted by Gasteiger charge is -2.25. The SMILES string of the molecule is CCc1cccc(CNCC(O)C(Cc2cc(F)cc(F)c2)NC(=O)c2ccc(S(=O)(=O)CCOC)cc2)c1. The number of carbonyl (C=O) groups excluding carboxylic acids is 1. The van der Waals surface area contributed by atoms with Crippen LogP contribution in [0, 0.1) is 11.6 Å². The number of aliphatic hydroxyl groups is 1. The number of sulfone groups is 1. The second-order valence-corrected chi connectivity index (χ2v) is 11.4. The highest BCUT2D eigenvalue weighted by Crippen LogP contribution is 2.15. The Kier molecular flexibility index (Phi) is 11.1. The molecule has 0 spiro atoms. The smallest absolute Gasteiger partial charge is 0.251 e. The zero-order valence-electron chi connectivity index (χ0n) is 22.0. The minimum Gasteiger partial charge on any atom is -0.390 e. The van der Waals surface area contributed by atoms with Crippen LogP contribution >= 0.6 is 0 Å². The maximum Gasteiger partial charge on any atom is 0.251 e. The molecule has 3 rings (SSSR count). The first kappa shape index (κ1) is 30.4. The van der Waals surface area contributed by atoms with E-state index in [1.807, 2.05) is 18.2 Å². The summed E-state index contributed by atoms with van der Waals surface area (Å²) in [5.74, 6) is -2.27. The molecule has 0 aromatic heterocycles. The summed E-state index contributed by atoms with van der Waals surface area (Å²) in [6.45, 7) is 2.70. The number of ether oxygens (including phenoxy) is 1. The predicted molar refractivity (Wildman–Crippen MR) is 145 cm³/mol. The molecule has 10 heteroatoms. The van der Waals surface area contributed by atoms with Crippen molar-refractivity contribution in [2.45, 2.75) is 43.4 Å². The summed E-state index contributed by atoms with van der Waals surface area (Å²) in [5, 5.41) is 16.9. The van der Waals surface area contributed by atoms with E-state index in [-0.39, 0.29) is 41.3 Å². The van der Waals surface area contributed by atoms with Crippen molar-refractivity contribution < 1.29 is 31.8 Å². The minimum atomic E-state index is -3.56. The van der Waals surface area contributed by atoms with Crippen molar-refractivity contribution in [3.8, 4) is 0 Å². The molecule has 0 radical (unpaired) electrons. The summed E-state index contributed by atoms with van der Waals surface area (Å²) in [5.41, 5.74) is 2.67. The predicted octanol–water partition coefficient (Wildman–Crippen LogP) is 3.44. The van der Waals surface area contributed by atoms with E-state index >= 15 is 0 Å². The summed E-state index contributed by atoms with van der Waals surface area (Å²) < 4.78 is 57.2. The summed E-state index contributed by atoms with van der Waals surface area (Å²) >= 11 is 0. The molecule has 0 saturated carbocycles. The lowest BCUT2D eigenvalue weighted by atomic mass is 10.00. The normalized spacial score (nSPS) is 13.2. The van der Waals surface area contributed by atoms with E-state index < -0.39 is 39.5 Å². The van der Waals surface area contributed by atoms with Crippen LogP contribution < -0.4 is 10.6 Å². The number of amides is 1. The highest BCUT2D eigenvalue weighted by molar-refractivity contribution is 7.91. The topological polar surface area (TPSA) is 105 Å². The third kappa shape index (κ3) is 9.21. The summed E-state index contributed by atoms with van der Waals surface area (Å²) in [7, 11) is -2.16. The van der Waals surface area contributed by atoms with Crippen LogP contribution in [0.3, 0.4) is 0 Å². The fraction of sp³-hybridized carbons (Fsp3) is 0.345. The molecule has 0 saturated heterocycles. The highest BCUT2D eigenvalue weighted by atomic mass is 32.2. The van der Waals surface area contributed by atoms with E-state index in [9.17, 15) is 27.1 Å². The van der Waals surface area contributed by atoms with Crippen molar-refractivity contribution in [1.82, 2.24) is 10.6 Å². The van der Waals surface area contributed by atoms with Gasteiger partial charge in [-0.15, -0.1) is 0 Å². The van der Waals surface area contributed by atoms with Crippen LogP contribution in [0.15, 0.2) is 71.6 Å². The van der Waals surface area contributed by atoms with Crippen molar-refractivity contribution in [2.75, 3.05) is 26.0 Å². The van der Waals surface area contributed by atoms with Crippen LogP contribution in [0.2, 0.25) is 0 Å². The van der Waals surface area contributed by atoms with Crippen molar-refractivity contribution in [1.29, 1.82) is 0 Å². The largest absolute Gasteiger partial charge is 0.390 e. The Bertz CT molecular complexity index is 1330. The van der Waals surface area contributed by atoms with E-state index in [0.717, 1.165) is 30.2 Å². The van der Waals surface area contributed by atoms with Gasteiger partial charge in [-0.25, -0.2) is 17.2 Å². The quantitative estimate of drug-likeness (QED) is 0.279. The molecule has 2 unspecified atom stereocenters. The van der Waals surface area contributed by atoms with Crippen molar-refractivity contribution >= 4 is 15.7 Å². The lowest BCUT2D eigenvalue weighted by molar-refractivity contribution is 0.0829. The van der Waals surface area contributed by atoms with Gasteiger partial charge >= 0.3 is 0 Å². The summed E-state index contributed by atoms with van der Waals surface area (Å²) in [6, 6.07) is 15.6. The number of rotatable bonds is 14. The minimum absolute atomic E-state index is 0.0297. The Labute approximate surface area is 228 Å². The number of hydrogen-bond donors (Lipinski definition) is 3. The first-order valence-corrected chi connectivity index (χ1v) is 14.3.